The van der Waals surface area contributed by atoms with Crippen molar-refractivity contribution < 1.29 is 4.79 Å². The third-order valence-electron chi connectivity index (χ3n) is 3.44. The van der Waals surface area contributed by atoms with Gasteiger partial charge in [0.15, 0.2) is 0 Å². The average molecular weight is 337 g/mol. The molecule has 100 valence electrons. The standard InChI is InChI=1S/C16H17BrOS/c1-5-12-6-7-19-16(12)15(18)13-9(2)8-10(3)14(17)11(13)4/h6-8H,5H2,1-4H3. The van der Waals surface area contributed by atoms with Crippen LogP contribution in [0.3, 0.4) is 0 Å². The average Bonchev–Trinajstić information content (AvgIpc) is 2.84. The van der Waals surface area contributed by atoms with Gasteiger partial charge in [-0.15, -0.1) is 11.3 Å². The number of hydrogen-bond acceptors (Lipinski definition) is 2. The number of halogens is 1. The van der Waals surface area contributed by atoms with Crippen molar-refractivity contribution in [1.82, 2.24) is 0 Å². The van der Waals surface area contributed by atoms with Crippen LogP contribution in [-0.4, -0.2) is 5.78 Å². The Morgan fingerprint density at radius 3 is 2.58 bits per heavy atom. The van der Waals surface area contributed by atoms with Gasteiger partial charge in [0.25, 0.3) is 0 Å². The molecule has 2 rings (SSSR count). The normalized spacial score (nSPS) is 10.8. The van der Waals surface area contributed by atoms with E-state index in [-0.39, 0.29) is 5.78 Å². The summed E-state index contributed by atoms with van der Waals surface area (Å²) < 4.78 is 1.04. The summed E-state index contributed by atoms with van der Waals surface area (Å²) in [5, 5.41) is 2.00. The number of carbonyl (C=O) groups excluding carboxylic acids is 1. The van der Waals surface area contributed by atoms with Crippen LogP contribution in [0.4, 0.5) is 0 Å². The molecule has 0 radical (unpaired) electrons. The van der Waals surface area contributed by atoms with Crippen LogP contribution in [0.25, 0.3) is 0 Å². The van der Waals surface area contributed by atoms with Crippen molar-refractivity contribution in [3.63, 3.8) is 0 Å². The van der Waals surface area contributed by atoms with E-state index in [0.717, 1.165) is 38.0 Å². The number of carbonyl (C=O) groups is 1. The predicted molar refractivity (Wildman–Crippen MR) is 85.5 cm³/mol. The van der Waals surface area contributed by atoms with Crippen molar-refractivity contribution in [2.45, 2.75) is 34.1 Å². The van der Waals surface area contributed by atoms with E-state index in [1.165, 1.54) is 16.9 Å². The van der Waals surface area contributed by atoms with Crippen molar-refractivity contribution in [2.75, 3.05) is 0 Å². The van der Waals surface area contributed by atoms with Gasteiger partial charge in [-0.2, -0.15) is 0 Å². The minimum atomic E-state index is 0.155. The first-order valence-corrected chi connectivity index (χ1v) is 8.02. The molecule has 0 aliphatic heterocycles. The second-order valence-corrected chi connectivity index (χ2v) is 6.49. The minimum absolute atomic E-state index is 0.155. The molecular weight excluding hydrogens is 320 g/mol. The van der Waals surface area contributed by atoms with Gasteiger partial charge < -0.3 is 0 Å². The van der Waals surface area contributed by atoms with Crippen molar-refractivity contribution in [3.05, 3.63) is 54.7 Å². The van der Waals surface area contributed by atoms with E-state index in [1.807, 2.05) is 25.3 Å². The summed E-state index contributed by atoms with van der Waals surface area (Å²) in [6.07, 6.45) is 0.899. The number of thiophene rings is 1. The molecule has 3 heteroatoms. The molecule has 0 saturated carbocycles. The Bertz CT molecular complexity index is 640. The molecule has 0 amide bonds. The maximum absolute atomic E-state index is 12.8. The fourth-order valence-electron chi connectivity index (χ4n) is 2.44. The third-order valence-corrected chi connectivity index (χ3v) is 5.61. The molecule has 0 spiro atoms. The molecule has 0 fully saturated rings. The van der Waals surface area contributed by atoms with Gasteiger partial charge in [-0.05, 0) is 60.9 Å². The molecule has 0 unspecified atom stereocenters. The smallest absolute Gasteiger partial charge is 0.203 e. The van der Waals surface area contributed by atoms with E-state index < -0.39 is 0 Å². The number of benzene rings is 1. The number of ketones is 1. The zero-order valence-electron chi connectivity index (χ0n) is 11.6. The lowest BCUT2D eigenvalue weighted by Crippen LogP contribution is -2.08. The molecule has 0 bridgehead atoms. The monoisotopic (exact) mass is 336 g/mol. The summed E-state index contributed by atoms with van der Waals surface area (Å²) in [5.41, 5.74) is 5.25. The van der Waals surface area contributed by atoms with E-state index >= 15 is 0 Å². The highest BCUT2D eigenvalue weighted by Gasteiger charge is 2.20. The zero-order chi connectivity index (χ0) is 14.2. The van der Waals surface area contributed by atoms with E-state index in [2.05, 4.69) is 35.8 Å². The van der Waals surface area contributed by atoms with Crippen molar-refractivity contribution >= 4 is 33.0 Å². The lowest BCUT2D eigenvalue weighted by atomic mass is 9.94. The van der Waals surface area contributed by atoms with Gasteiger partial charge in [-0.25, -0.2) is 0 Å². The van der Waals surface area contributed by atoms with Gasteiger partial charge >= 0.3 is 0 Å². The Morgan fingerprint density at radius 1 is 1.26 bits per heavy atom. The van der Waals surface area contributed by atoms with E-state index in [1.54, 1.807) is 0 Å². The summed E-state index contributed by atoms with van der Waals surface area (Å²) in [6.45, 7) is 8.17. The Balaban J connectivity index is 2.60. The number of hydrogen-bond donors (Lipinski definition) is 0. The lowest BCUT2D eigenvalue weighted by Gasteiger charge is -2.13. The molecule has 19 heavy (non-hydrogen) atoms. The van der Waals surface area contributed by atoms with Gasteiger partial charge in [0.2, 0.25) is 5.78 Å². The molecule has 1 nitrogen and oxygen atoms in total. The Morgan fingerprint density at radius 2 is 1.95 bits per heavy atom. The molecule has 0 N–H and O–H groups in total. The quantitative estimate of drug-likeness (QED) is 0.701. The second-order valence-electron chi connectivity index (χ2n) is 4.78. The van der Waals surface area contributed by atoms with Gasteiger partial charge in [-0.3, -0.25) is 4.79 Å². The maximum Gasteiger partial charge on any atom is 0.203 e. The second kappa shape index (κ2) is 5.59. The molecule has 1 aromatic heterocycles. The molecule has 0 atom stereocenters. The first-order valence-electron chi connectivity index (χ1n) is 6.34. The highest BCUT2D eigenvalue weighted by atomic mass is 79.9. The van der Waals surface area contributed by atoms with Crippen LogP contribution in [0, 0.1) is 20.8 Å². The summed E-state index contributed by atoms with van der Waals surface area (Å²) in [5.74, 6) is 0.155. The molecule has 0 saturated heterocycles. The topological polar surface area (TPSA) is 17.1 Å². The predicted octanol–water partition coefficient (Wildman–Crippen LogP) is 5.23. The summed E-state index contributed by atoms with van der Waals surface area (Å²) in [7, 11) is 0. The number of aryl methyl sites for hydroxylation is 3. The highest BCUT2D eigenvalue weighted by molar-refractivity contribution is 9.10. The Hall–Kier alpha value is -0.930. The van der Waals surface area contributed by atoms with Gasteiger partial charge in [0.05, 0.1) is 4.88 Å². The van der Waals surface area contributed by atoms with Crippen LogP contribution in [-0.2, 0) is 6.42 Å². The molecular formula is C16H17BrOS. The van der Waals surface area contributed by atoms with Crippen molar-refractivity contribution in [3.8, 4) is 0 Å². The Kier molecular flexibility index (Phi) is 4.26. The first kappa shape index (κ1) is 14.5. The van der Waals surface area contributed by atoms with E-state index in [9.17, 15) is 4.79 Å². The largest absolute Gasteiger partial charge is 0.288 e. The zero-order valence-corrected chi connectivity index (χ0v) is 14.0. The van der Waals surface area contributed by atoms with Crippen molar-refractivity contribution in [2.24, 2.45) is 0 Å². The summed E-state index contributed by atoms with van der Waals surface area (Å²) in [4.78, 5) is 13.7. The summed E-state index contributed by atoms with van der Waals surface area (Å²) >= 11 is 5.12. The van der Waals surface area contributed by atoms with Gasteiger partial charge in [0.1, 0.15) is 0 Å². The lowest BCUT2D eigenvalue weighted by molar-refractivity contribution is 0.104. The molecule has 1 heterocycles. The van der Waals surface area contributed by atoms with Gasteiger partial charge in [0, 0.05) is 10.0 Å². The summed E-state index contributed by atoms with van der Waals surface area (Å²) in [6, 6.07) is 4.12. The van der Waals surface area contributed by atoms with Crippen LogP contribution >= 0.6 is 27.3 Å². The van der Waals surface area contributed by atoms with E-state index in [0.29, 0.717) is 0 Å². The SMILES string of the molecule is CCc1ccsc1C(=O)c1c(C)cc(C)c(Br)c1C. The fraction of sp³-hybridized carbons (Fsp3) is 0.312. The van der Waals surface area contributed by atoms with Crippen LogP contribution in [0.15, 0.2) is 22.0 Å². The molecule has 2 aromatic rings. The number of rotatable bonds is 3. The van der Waals surface area contributed by atoms with E-state index in [4.69, 9.17) is 0 Å². The van der Waals surface area contributed by atoms with Crippen LogP contribution < -0.4 is 0 Å². The van der Waals surface area contributed by atoms with Crippen LogP contribution in [0.1, 0.15) is 44.4 Å². The minimum Gasteiger partial charge on any atom is -0.288 e. The molecule has 1 aromatic carbocycles. The molecule has 0 aliphatic carbocycles. The fourth-order valence-corrected chi connectivity index (χ4v) is 3.69. The van der Waals surface area contributed by atoms with Crippen LogP contribution in [0.2, 0.25) is 0 Å². The molecule has 0 aliphatic rings. The maximum atomic E-state index is 12.8. The van der Waals surface area contributed by atoms with Crippen LogP contribution in [0.5, 0.6) is 0 Å². The van der Waals surface area contributed by atoms with Crippen molar-refractivity contribution in [1.29, 1.82) is 0 Å². The third kappa shape index (κ3) is 2.54. The van der Waals surface area contributed by atoms with Gasteiger partial charge in [-0.1, -0.05) is 28.9 Å². The first-order chi connectivity index (χ1) is 8.97. The highest BCUT2D eigenvalue weighted by Crippen LogP contribution is 2.30. The Labute approximate surface area is 126 Å².